The Morgan fingerprint density at radius 2 is 1.61 bits per heavy atom. The third kappa shape index (κ3) is 3.89. The van der Waals surface area contributed by atoms with Crippen molar-refractivity contribution in [2.75, 3.05) is 7.11 Å². The van der Waals surface area contributed by atoms with Gasteiger partial charge in [0.15, 0.2) is 0 Å². The van der Waals surface area contributed by atoms with E-state index < -0.39 is 24.1 Å². The highest BCUT2D eigenvalue weighted by molar-refractivity contribution is 5.85. The highest BCUT2D eigenvalue weighted by atomic mass is 19.1. The van der Waals surface area contributed by atoms with Gasteiger partial charge in [-0.05, 0) is 52.8 Å². The molecule has 0 bridgehead atoms. The van der Waals surface area contributed by atoms with E-state index in [1.165, 1.54) is 24.1 Å². The molecule has 1 atom stereocenters. The molecule has 1 aliphatic rings. The van der Waals surface area contributed by atoms with Crippen LogP contribution in [0.25, 0.3) is 11.1 Å². The monoisotopic (exact) mass is 419 g/mol. The molecular weight excluding hydrogens is 397 g/mol. The van der Waals surface area contributed by atoms with Crippen molar-refractivity contribution >= 4 is 12.1 Å². The molecular formula is C25H22FNO4. The number of carboxylic acids is 1. The number of benzene rings is 3. The van der Waals surface area contributed by atoms with Crippen molar-refractivity contribution in [3.63, 3.8) is 0 Å². The van der Waals surface area contributed by atoms with Crippen LogP contribution in [0.5, 0.6) is 0 Å². The molecule has 1 amide bonds. The van der Waals surface area contributed by atoms with Crippen LogP contribution in [0.1, 0.15) is 29.2 Å². The van der Waals surface area contributed by atoms with E-state index in [0.29, 0.717) is 12.0 Å². The lowest BCUT2D eigenvalue weighted by atomic mass is 9.98. The highest BCUT2D eigenvalue weighted by Crippen LogP contribution is 2.47. The number of hydrogen-bond donors (Lipinski definition) is 1. The van der Waals surface area contributed by atoms with Crippen LogP contribution in [0.4, 0.5) is 9.18 Å². The fraction of sp³-hybridized carbons (Fsp3) is 0.200. The minimum Gasteiger partial charge on any atom is -0.480 e. The molecule has 5 nitrogen and oxygen atoms in total. The number of carbonyl (C=O) groups excluding carboxylic acids is 1. The van der Waals surface area contributed by atoms with Crippen LogP contribution >= 0.6 is 0 Å². The summed E-state index contributed by atoms with van der Waals surface area (Å²) in [5.41, 5.74) is 4.30. The molecule has 0 radical (unpaired) electrons. The van der Waals surface area contributed by atoms with Crippen molar-refractivity contribution in [1.29, 1.82) is 0 Å². The van der Waals surface area contributed by atoms with Gasteiger partial charge in [-0.15, -0.1) is 0 Å². The summed E-state index contributed by atoms with van der Waals surface area (Å²) < 4.78 is 18.6. The van der Waals surface area contributed by atoms with Gasteiger partial charge in [-0.25, -0.2) is 14.0 Å². The first-order valence-corrected chi connectivity index (χ1v) is 10.0. The second kappa shape index (κ2) is 8.60. The van der Waals surface area contributed by atoms with Gasteiger partial charge in [0, 0.05) is 0 Å². The Kier molecular flexibility index (Phi) is 5.71. The predicted octanol–water partition coefficient (Wildman–Crippen LogP) is 5.05. The zero-order valence-electron chi connectivity index (χ0n) is 17.0. The van der Waals surface area contributed by atoms with Gasteiger partial charge in [0.1, 0.15) is 11.9 Å². The van der Waals surface area contributed by atoms with Crippen LogP contribution in [-0.2, 0) is 16.0 Å². The normalized spacial score (nSPS) is 13.2. The summed E-state index contributed by atoms with van der Waals surface area (Å²) in [4.78, 5) is 26.5. The highest BCUT2D eigenvalue weighted by Gasteiger charge is 2.41. The van der Waals surface area contributed by atoms with E-state index in [0.717, 1.165) is 22.3 Å². The number of hydrogen-bond acceptors (Lipinski definition) is 3. The minimum atomic E-state index is -1.15. The van der Waals surface area contributed by atoms with E-state index >= 15 is 0 Å². The van der Waals surface area contributed by atoms with E-state index in [-0.39, 0.29) is 12.2 Å². The summed E-state index contributed by atoms with van der Waals surface area (Å²) in [7, 11) is 1.24. The first-order valence-electron chi connectivity index (χ1n) is 10.0. The molecule has 158 valence electrons. The summed E-state index contributed by atoms with van der Waals surface area (Å²) in [6.45, 7) is 0. The number of carbonyl (C=O) groups is 2. The summed E-state index contributed by atoms with van der Waals surface area (Å²) in [5.74, 6) is -1.52. The fourth-order valence-corrected chi connectivity index (χ4v) is 4.32. The molecule has 0 saturated heterocycles. The molecule has 1 N–H and O–H groups in total. The van der Waals surface area contributed by atoms with Crippen LogP contribution in [-0.4, -0.2) is 35.2 Å². The molecule has 0 unspecified atom stereocenters. The Labute approximate surface area is 179 Å². The van der Waals surface area contributed by atoms with Crippen LogP contribution in [0.2, 0.25) is 0 Å². The Morgan fingerprint density at radius 3 is 2.16 bits per heavy atom. The van der Waals surface area contributed by atoms with Gasteiger partial charge in [-0.1, -0.05) is 60.7 Å². The average molecular weight is 419 g/mol. The van der Waals surface area contributed by atoms with E-state index in [1.54, 1.807) is 12.1 Å². The topological polar surface area (TPSA) is 66.8 Å². The first kappa shape index (κ1) is 20.6. The van der Waals surface area contributed by atoms with Gasteiger partial charge >= 0.3 is 12.1 Å². The average Bonchev–Trinajstić information content (AvgIpc) is 3.10. The van der Waals surface area contributed by atoms with Crippen molar-refractivity contribution in [3.8, 4) is 11.1 Å². The molecule has 0 aliphatic heterocycles. The van der Waals surface area contributed by atoms with Crippen molar-refractivity contribution in [2.24, 2.45) is 0 Å². The molecule has 1 aliphatic carbocycles. The van der Waals surface area contributed by atoms with E-state index in [1.807, 2.05) is 48.5 Å². The van der Waals surface area contributed by atoms with Crippen LogP contribution < -0.4 is 0 Å². The van der Waals surface area contributed by atoms with Crippen molar-refractivity contribution in [2.45, 2.75) is 24.9 Å². The standard InChI is InChI=1S/C25H22FNO4/c1-31-25(30)27(22(24(28)29)14-13-16-7-6-8-17(26)15-16)23-20-11-4-2-9-18(20)19-10-3-5-12-21(19)23/h2-12,15,22-23H,13-14H2,1H3,(H,28,29)/t22-/m0/s1. The summed E-state index contributed by atoms with van der Waals surface area (Å²) in [6, 6.07) is 19.6. The third-order valence-electron chi connectivity index (χ3n) is 5.68. The molecule has 4 rings (SSSR count). The zero-order chi connectivity index (χ0) is 22.0. The maximum Gasteiger partial charge on any atom is 0.411 e. The van der Waals surface area contributed by atoms with Crippen LogP contribution in [0.15, 0.2) is 72.8 Å². The lowest BCUT2D eigenvalue weighted by Gasteiger charge is -2.34. The Hall–Kier alpha value is -3.67. The third-order valence-corrected chi connectivity index (χ3v) is 5.68. The molecule has 31 heavy (non-hydrogen) atoms. The number of aryl methyl sites for hydroxylation is 1. The van der Waals surface area contributed by atoms with Gasteiger partial charge in [-0.3, -0.25) is 4.90 Å². The van der Waals surface area contributed by atoms with Gasteiger partial charge in [0.25, 0.3) is 0 Å². The van der Waals surface area contributed by atoms with E-state index in [2.05, 4.69) is 0 Å². The second-order valence-corrected chi connectivity index (χ2v) is 7.48. The number of methoxy groups -OCH3 is 1. The quantitative estimate of drug-likeness (QED) is 0.607. The van der Waals surface area contributed by atoms with E-state index in [4.69, 9.17) is 4.74 Å². The molecule has 0 heterocycles. The van der Waals surface area contributed by atoms with Gasteiger partial charge in [0.2, 0.25) is 0 Å². The van der Waals surface area contributed by atoms with Gasteiger partial charge in [-0.2, -0.15) is 0 Å². The van der Waals surface area contributed by atoms with E-state index in [9.17, 15) is 19.1 Å². The van der Waals surface area contributed by atoms with Crippen LogP contribution in [0, 0.1) is 5.82 Å². The summed E-state index contributed by atoms with van der Waals surface area (Å²) in [5, 5.41) is 10.1. The molecule has 0 saturated carbocycles. The van der Waals surface area contributed by atoms with Gasteiger partial charge < -0.3 is 9.84 Å². The minimum absolute atomic E-state index is 0.120. The number of ether oxygens (including phenoxy) is 1. The first-order chi connectivity index (χ1) is 15.0. The van der Waals surface area contributed by atoms with Crippen molar-refractivity contribution in [3.05, 3.63) is 95.3 Å². The Morgan fingerprint density at radius 1 is 1.00 bits per heavy atom. The summed E-state index contributed by atoms with van der Waals surface area (Å²) in [6.07, 6.45) is -0.296. The molecule has 0 aromatic heterocycles. The predicted molar refractivity (Wildman–Crippen MR) is 114 cm³/mol. The number of carboxylic acid groups (broad SMARTS) is 1. The molecule has 0 spiro atoms. The molecule has 3 aromatic carbocycles. The SMILES string of the molecule is COC(=O)N(C1c2ccccc2-c2ccccc21)[C@@H](CCc1cccc(F)c1)C(=O)O. The van der Waals surface area contributed by atoms with Gasteiger partial charge in [0.05, 0.1) is 13.2 Å². The van der Waals surface area contributed by atoms with Crippen LogP contribution in [0.3, 0.4) is 0 Å². The molecule has 3 aromatic rings. The second-order valence-electron chi connectivity index (χ2n) is 7.48. The Balaban J connectivity index is 1.75. The lowest BCUT2D eigenvalue weighted by Crippen LogP contribution is -2.47. The number of aliphatic carboxylic acids is 1. The number of halogens is 1. The summed E-state index contributed by atoms with van der Waals surface area (Å²) >= 11 is 0. The largest absolute Gasteiger partial charge is 0.480 e. The number of nitrogens with zero attached hydrogens (tertiary/aromatic N) is 1. The fourth-order valence-electron chi connectivity index (χ4n) is 4.32. The maximum atomic E-state index is 13.6. The molecule has 0 fully saturated rings. The van der Waals surface area contributed by atoms with Crippen molar-refractivity contribution in [1.82, 2.24) is 4.90 Å². The number of fused-ring (bicyclic) bond motifs is 3. The molecule has 6 heteroatoms. The number of amides is 1. The maximum absolute atomic E-state index is 13.6. The number of rotatable bonds is 6. The van der Waals surface area contributed by atoms with Crippen molar-refractivity contribution < 1.29 is 23.8 Å². The lowest BCUT2D eigenvalue weighted by molar-refractivity contribution is -0.143. The zero-order valence-corrected chi connectivity index (χ0v) is 17.0. The Bertz CT molecular complexity index is 1080. The smallest absolute Gasteiger partial charge is 0.411 e.